The molecule has 0 radical (unpaired) electrons. The SMILES string of the molecule is CCOc1ccc([C@H](C(=O)NCCC(C)C)N(C(=O)c2snc(C(N)=O)c2N)c2ccccc2CC)cc1. The van der Waals surface area contributed by atoms with Crippen LogP contribution in [0.25, 0.3) is 0 Å². The largest absolute Gasteiger partial charge is 0.494 e. The van der Waals surface area contributed by atoms with Crippen LogP contribution in [-0.2, 0) is 11.2 Å². The molecule has 0 saturated heterocycles. The Labute approximate surface area is 227 Å². The van der Waals surface area contributed by atoms with Gasteiger partial charge in [0.05, 0.1) is 12.3 Å². The van der Waals surface area contributed by atoms with Crippen LogP contribution in [0.15, 0.2) is 48.5 Å². The maximum Gasteiger partial charge on any atom is 0.273 e. The second kappa shape index (κ2) is 13.0. The van der Waals surface area contributed by atoms with E-state index in [1.165, 1.54) is 4.90 Å². The van der Waals surface area contributed by atoms with Gasteiger partial charge in [0.2, 0.25) is 5.91 Å². The summed E-state index contributed by atoms with van der Waals surface area (Å²) in [6.07, 6.45) is 1.40. The molecule has 3 aromatic rings. The van der Waals surface area contributed by atoms with Crippen LogP contribution in [0.5, 0.6) is 5.75 Å². The van der Waals surface area contributed by atoms with Crippen LogP contribution < -0.4 is 26.4 Å². The Kier molecular flexibility index (Phi) is 9.84. The van der Waals surface area contributed by atoms with E-state index in [0.29, 0.717) is 42.5 Å². The molecule has 9 nitrogen and oxygen atoms in total. The zero-order valence-corrected chi connectivity index (χ0v) is 23.0. The van der Waals surface area contributed by atoms with E-state index >= 15 is 0 Å². The highest BCUT2D eigenvalue weighted by Crippen LogP contribution is 2.35. The lowest BCUT2D eigenvalue weighted by atomic mass is 10.00. The van der Waals surface area contributed by atoms with Crippen molar-refractivity contribution in [2.24, 2.45) is 11.7 Å². The first-order chi connectivity index (χ1) is 18.2. The second-order valence-electron chi connectivity index (χ2n) is 9.17. The number of hydrogen-bond donors (Lipinski definition) is 3. The highest BCUT2D eigenvalue weighted by Gasteiger charge is 2.36. The van der Waals surface area contributed by atoms with Gasteiger partial charge in [0.15, 0.2) is 5.69 Å². The molecule has 1 heterocycles. The molecule has 0 saturated carbocycles. The van der Waals surface area contributed by atoms with E-state index in [4.69, 9.17) is 16.2 Å². The van der Waals surface area contributed by atoms with Gasteiger partial charge >= 0.3 is 0 Å². The Balaban J connectivity index is 2.20. The number of nitrogens with zero attached hydrogens (tertiary/aromatic N) is 2. The Morgan fingerprint density at radius 1 is 1.08 bits per heavy atom. The molecule has 0 aliphatic heterocycles. The molecule has 38 heavy (non-hydrogen) atoms. The summed E-state index contributed by atoms with van der Waals surface area (Å²) in [7, 11) is 0. The minimum absolute atomic E-state index is 0.0376. The van der Waals surface area contributed by atoms with Crippen molar-refractivity contribution >= 4 is 40.6 Å². The van der Waals surface area contributed by atoms with Crippen molar-refractivity contribution in [3.8, 4) is 5.75 Å². The van der Waals surface area contributed by atoms with Crippen molar-refractivity contribution in [2.45, 2.75) is 46.6 Å². The topological polar surface area (TPSA) is 141 Å². The molecule has 0 aliphatic rings. The Morgan fingerprint density at radius 2 is 1.76 bits per heavy atom. The fourth-order valence-corrected chi connectivity index (χ4v) is 4.80. The number of aryl methyl sites for hydroxylation is 1. The first-order valence-corrected chi connectivity index (χ1v) is 13.4. The van der Waals surface area contributed by atoms with Gasteiger partial charge in [-0.05, 0) is 66.5 Å². The molecular weight excluding hydrogens is 502 g/mol. The number of carbonyl (C=O) groups excluding carboxylic acids is 3. The highest BCUT2D eigenvalue weighted by atomic mass is 32.1. The fraction of sp³-hybridized carbons (Fsp3) is 0.357. The number of primary amides is 1. The predicted octanol–water partition coefficient (Wildman–Crippen LogP) is 4.34. The molecular formula is C28H35N5O4S. The lowest BCUT2D eigenvalue weighted by molar-refractivity contribution is -0.122. The fourth-order valence-electron chi connectivity index (χ4n) is 4.06. The summed E-state index contributed by atoms with van der Waals surface area (Å²) in [5, 5.41) is 3.00. The van der Waals surface area contributed by atoms with Crippen LogP contribution in [0.3, 0.4) is 0 Å². The number of nitrogens with two attached hydrogens (primary N) is 2. The average Bonchev–Trinajstić information content (AvgIpc) is 3.29. The van der Waals surface area contributed by atoms with Crippen molar-refractivity contribution in [2.75, 3.05) is 23.8 Å². The summed E-state index contributed by atoms with van der Waals surface area (Å²) >= 11 is 0.785. The maximum absolute atomic E-state index is 14.2. The number of amides is 3. The van der Waals surface area contributed by atoms with Crippen molar-refractivity contribution in [1.29, 1.82) is 0 Å². The van der Waals surface area contributed by atoms with E-state index in [-0.39, 0.29) is 22.2 Å². The number of anilines is 2. The van der Waals surface area contributed by atoms with Gasteiger partial charge in [0.25, 0.3) is 11.8 Å². The third kappa shape index (κ3) is 6.49. The number of nitrogen functional groups attached to an aromatic ring is 1. The molecule has 5 N–H and O–H groups in total. The van der Waals surface area contributed by atoms with Crippen molar-refractivity contribution in [3.05, 3.63) is 70.2 Å². The van der Waals surface area contributed by atoms with Gasteiger partial charge in [-0.25, -0.2) is 0 Å². The molecule has 2 aromatic carbocycles. The number of ether oxygens (including phenoxy) is 1. The molecule has 10 heteroatoms. The monoisotopic (exact) mass is 537 g/mol. The van der Waals surface area contributed by atoms with Gasteiger partial charge < -0.3 is 21.5 Å². The summed E-state index contributed by atoms with van der Waals surface area (Å²) in [5.74, 6) is -0.673. The third-order valence-corrected chi connectivity index (χ3v) is 6.89. The van der Waals surface area contributed by atoms with E-state index in [1.807, 2.05) is 32.0 Å². The van der Waals surface area contributed by atoms with Crippen LogP contribution >= 0.6 is 11.5 Å². The minimum Gasteiger partial charge on any atom is -0.494 e. The zero-order chi connectivity index (χ0) is 27.8. The van der Waals surface area contributed by atoms with E-state index in [9.17, 15) is 14.4 Å². The minimum atomic E-state index is -1.03. The van der Waals surface area contributed by atoms with E-state index in [1.54, 1.807) is 30.3 Å². The van der Waals surface area contributed by atoms with Gasteiger partial charge in [0, 0.05) is 12.2 Å². The van der Waals surface area contributed by atoms with Crippen LogP contribution in [0.1, 0.15) is 71.4 Å². The van der Waals surface area contributed by atoms with Crippen LogP contribution in [0, 0.1) is 5.92 Å². The molecule has 0 fully saturated rings. The molecule has 1 atom stereocenters. The van der Waals surface area contributed by atoms with Gasteiger partial charge in [-0.3, -0.25) is 19.3 Å². The Morgan fingerprint density at radius 3 is 2.34 bits per heavy atom. The number of para-hydroxylation sites is 1. The van der Waals surface area contributed by atoms with Crippen molar-refractivity contribution in [3.63, 3.8) is 0 Å². The highest BCUT2D eigenvalue weighted by molar-refractivity contribution is 7.09. The van der Waals surface area contributed by atoms with Crippen molar-refractivity contribution < 1.29 is 19.1 Å². The number of aromatic nitrogens is 1. The van der Waals surface area contributed by atoms with Gasteiger partial charge in [-0.2, -0.15) is 4.37 Å². The van der Waals surface area contributed by atoms with E-state index in [0.717, 1.165) is 23.5 Å². The lowest BCUT2D eigenvalue weighted by Gasteiger charge is -2.33. The number of benzene rings is 2. The zero-order valence-electron chi connectivity index (χ0n) is 22.2. The van der Waals surface area contributed by atoms with Crippen LogP contribution in [0.2, 0.25) is 0 Å². The smallest absolute Gasteiger partial charge is 0.273 e. The standard InChI is InChI=1S/C28H35N5O4S/c1-5-18-9-7-8-10-21(18)33(28(36)25-22(29)23(26(30)34)32-38-25)24(27(35)31-16-15-17(3)4)19-11-13-20(14-12-19)37-6-2/h7-14,17,24H,5-6,15-16,29H2,1-4H3,(H2,30,34)(H,31,35)/t24-/m1/s1. The average molecular weight is 538 g/mol. The van der Waals surface area contributed by atoms with Crippen LogP contribution in [0.4, 0.5) is 11.4 Å². The normalized spacial score (nSPS) is 11.7. The third-order valence-electron chi connectivity index (χ3n) is 6.04. The lowest BCUT2D eigenvalue weighted by Crippen LogP contribution is -2.44. The molecule has 0 spiro atoms. The molecule has 1 aromatic heterocycles. The van der Waals surface area contributed by atoms with E-state index in [2.05, 4.69) is 23.5 Å². The first kappa shape index (κ1) is 28.6. The number of rotatable bonds is 12. The summed E-state index contributed by atoms with van der Waals surface area (Å²) < 4.78 is 9.59. The molecule has 0 unspecified atom stereocenters. The molecule has 0 aliphatic carbocycles. The van der Waals surface area contributed by atoms with E-state index < -0.39 is 17.9 Å². The molecule has 3 rings (SSSR count). The Hall–Kier alpha value is -3.92. The van der Waals surface area contributed by atoms with Gasteiger partial charge in [-0.1, -0.05) is 51.1 Å². The van der Waals surface area contributed by atoms with Gasteiger partial charge in [0.1, 0.15) is 16.7 Å². The van der Waals surface area contributed by atoms with Crippen molar-refractivity contribution in [1.82, 2.24) is 9.69 Å². The molecule has 202 valence electrons. The number of nitrogens with one attached hydrogen (secondary N) is 1. The predicted molar refractivity (Wildman–Crippen MR) is 150 cm³/mol. The van der Waals surface area contributed by atoms with Gasteiger partial charge in [-0.15, -0.1) is 0 Å². The number of hydrogen-bond acceptors (Lipinski definition) is 7. The maximum atomic E-state index is 14.2. The number of carbonyl (C=O) groups is 3. The van der Waals surface area contributed by atoms with Crippen LogP contribution in [-0.4, -0.2) is 35.2 Å². The summed E-state index contributed by atoms with van der Waals surface area (Å²) in [6, 6.07) is 13.5. The first-order valence-electron chi connectivity index (χ1n) is 12.7. The molecule has 0 bridgehead atoms. The Bertz CT molecular complexity index is 1270. The second-order valence-corrected chi connectivity index (χ2v) is 9.95. The molecule has 3 amide bonds. The summed E-state index contributed by atoms with van der Waals surface area (Å²) in [6.45, 7) is 8.97. The summed E-state index contributed by atoms with van der Waals surface area (Å²) in [5.41, 5.74) is 13.3. The summed E-state index contributed by atoms with van der Waals surface area (Å²) in [4.78, 5) is 41.3. The quantitative estimate of drug-likeness (QED) is 0.314.